The summed E-state index contributed by atoms with van der Waals surface area (Å²) in [4.78, 5) is 42.2. The van der Waals surface area contributed by atoms with Crippen LogP contribution in [0.5, 0.6) is 5.75 Å². The van der Waals surface area contributed by atoms with Gasteiger partial charge in [0.1, 0.15) is 11.9 Å². The number of amides is 2. The number of fused-ring (bicyclic) bond motifs is 1. The molecule has 0 radical (unpaired) electrons. The van der Waals surface area contributed by atoms with Crippen molar-refractivity contribution in [1.82, 2.24) is 15.2 Å². The number of aryl methyl sites for hydroxylation is 1. The van der Waals surface area contributed by atoms with Gasteiger partial charge >= 0.3 is 6.09 Å². The normalized spacial score (nSPS) is 14.2. The molecule has 1 atom stereocenters. The fraction of sp³-hybridized carbons (Fsp3) is 0.275. The number of likely N-dealkylation sites (tertiary alicyclic amines) is 1. The van der Waals surface area contributed by atoms with Crippen molar-refractivity contribution in [2.45, 2.75) is 44.9 Å². The van der Waals surface area contributed by atoms with Crippen LogP contribution in [0.1, 0.15) is 42.1 Å². The molecule has 1 aliphatic heterocycles. The topological polar surface area (TPSA) is 156 Å². The Bertz CT molecular complexity index is 2040. The van der Waals surface area contributed by atoms with Gasteiger partial charge in [-0.25, -0.2) is 4.79 Å². The van der Waals surface area contributed by atoms with Crippen molar-refractivity contribution in [3.8, 4) is 16.9 Å². The van der Waals surface area contributed by atoms with Crippen molar-refractivity contribution >= 4 is 34.3 Å². The molecule has 0 spiro atoms. The number of nitrogens with one attached hydrogen (secondary N) is 4. The zero-order chi connectivity index (χ0) is 35.7. The molecule has 1 fully saturated rings. The number of pyridine rings is 1. The minimum atomic E-state index is -0.876. The van der Waals surface area contributed by atoms with Gasteiger partial charge in [0.15, 0.2) is 0 Å². The van der Waals surface area contributed by atoms with Crippen LogP contribution in [-0.4, -0.2) is 64.4 Å². The van der Waals surface area contributed by atoms with Crippen LogP contribution >= 0.6 is 0 Å². The Morgan fingerprint density at radius 2 is 1.71 bits per heavy atom. The van der Waals surface area contributed by atoms with Crippen LogP contribution in [0.4, 0.5) is 16.2 Å². The van der Waals surface area contributed by atoms with Crippen LogP contribution in [0, 0.1) is 6.92 Å². The lowest BCUT2D eigenvalue weighted by Gasteiger charge is -2.31. The zero-order valence-corrected chi connectivity index (χ0v) is 28.5. The number of rotatable bonds is 12. The zero-order valence-electron chi connectivity index (χ0n) is 28.5. The third-order valence-electron chi connectivity index (χ3n) is 9.26. The van der Waals surface area contributed by atoms with Crippen LogP contribution in [-0.2, 0) is 16.1 Å². The maximum atomic E-state index is 12.9. The van der Waals surface area contributed by atoms with Crippen molar-refractivity contribution in [2.24, 2.45) is 0 Å². The van der Waals surface area contributed by atoms with Gasteiger partial charge in [-0.3, -0.25) is 14.9 Å². The molecule has 11 nitrogen and oxygen atoms in total. The molecule has 51 heavy (non-hydrogen) atoms. The molecular formula is C40H43N5O6. The van der Waals surface area contributed by atoms with Crippen molar-refractivity contribution < 1.29 is 24.5 Å². The van der Waals surface area contributed by atoms with Gasteiger partial charge in [-0.15, -0.1) is 0 Å². The van der Waals surface area contributed by atoms with Crippen molar-refractivity contribution in [2.75, 3.05) is 36.8 Å². The number of ether oxygens (including phenoxy) is 1. The molecule has 0 unspecified atom stereocenters. The van der Waals surface area contributed by atoms with E-state index >= 15 is 0 Å². The van der Waals surface area contributed by atoms with E-state index in [9.17, 15) is 24.6 Å². The van der Waals surface area contributed by atoms with Gasteiger partial charge in [-0.05, 0) is 72.4 Å². The van der Waals surface area contributed by atoms with Crippen molar-refractivity contribution in [3.05, 3.63) is 124 Å². The van der Waals surface area contributed by atoms with Gasteiger partial charge in [0, 0.05) is 61.8 Å². The Morgan fingerprint density at radius 1 is 0.941 bits per heavy atom. The van der Waals surface area contributed by atoms with E-state index in [2.05, 4.69) is 25.8 Å². The van der Waals surface area contributed by atoms with Crippen LogP contribution < -0.4 is 21.5 Å². The number of benzene rings is 4. The fourth-order valence-electron chi connectivity index (χ4n) is 6.43. The summed E-state index contributed by atoms with van der Waals surface area (Å²) in [5.74, 6) is -0.140. The predicted molar refractivity (Wildman–Crippen MR) is 199 cm³/mol. The number of hydrogen-bond acceptors (Lipinski definition) is 8. The maximum absolute atomic E-state index is 12.9. The molecule has 1 aliphatic rings. The number of carbonyl (C=O) groups is 2. The van der Waals surface area contributed by atoms with Gasteiger partial charge in [-0.2, -0.15) is 0 Å². The summed E-state index contributed by atoms with van der Waals surface area (Å²) < 4.78 is 5.75. The summed E-state index contributed by atoms with van der Waals surface area (Å²) >= 11 is 0. The van der Waals surface area contributed by atoms with E-state index < -0.39 is 12.2 Å². The summed E-state index contributed by atoms with van der Waals surface area (Å²) in [7, 11) is 0. The van der Waals surface area contributed by atoms with E-state index in [1.165, 1.54) is 12.1 Å². The lowest BCUT2D eigenvalue weighted by atomic mass is 10.0. The van der Waals surface area contributed by atoms with E-state index in [-0.39, 0.29) is 29.9 Å². The number of anilines is 2. The molecule has 0 aliphatic carbocycles. The number of piperidine rings is 1. The number of nitrogens with zero attached hydrogens (tertiary/aromatic N) is 1. The van der Waals surface area contributed by atoms with Crippen LogP contribution in [0.2, 0.25) is 0 Å². The fourth-order valence-corrected chi connectivity index (χ4v) is 6.43. The average Bonchev–Trinajstić information content (AvgIpc) is 3.13. The summed E-state index contributed by atoms with van der Waals surface area (Å²) in [5, 5.41) is 30.8. The number of H-pyrrole nitrogens is 1. The number of phenols is 1. The van der Waals surface area contributed by atoms with E-state index in [0.717, 1.165) is 35.3 Å². The Labute approximate surface area is 296 Å². The number of aliphatic hydroxyl groups is 1. The standard InChI is InChI=1S/C40H43N5O6/c1-26-11-12-29(23-28(26)24-41-25-36(47)32-13-15-35(46)39-33(32)14-16-37(48)44-39)42-38(49)19-22-45-20-17-30(18-21-45)51-40(50)43-34-10-6-5-9-31(34)27-7-3-2-4-8-27/h2-16,23,30,36,41,46-47H,17-22,24-25H2,1H3,(H,42,49)(H,43,50)(H,44,48)/t36-/m1/s1. The first-order valence-electron chi connectivity index (χ1n) is 17.2. The smallest absolute Gasteiger partial charge is 0.411 e. The molecule has 2 heterocycles. The summed E-state index contributed by atoms with van der Waals surface area (Å²) in [6.07, 6.45) is 0.192. The number of aliphatic hydroxyl groups excluding tert-OH is 1. The number of aromatic hydroxyl groups is 1. The Balaban J connectivity index is 0.926. The molecular weight excluding hydrogens is 646 g/mol. The van der Waals surface area contributed by atoms with Crippen LogP contribution in [0.15, 0.2) is 102 Å². The first-order valence-corrected chi connectivity index (χ1v) is 17.2. The van der Waals surface area contributed by atoms with Crippen LogP contribution in [0.25, 0.3) is 22.0 Å². The second-order valence-corrected chi connectivity index (χ2v) is 12.9. The maximum Gasteiger partial charge on any atom is 0.411 e. The Kier molecular flexibility index (Phi) is 11.4. The molecule has 1 saturated heterocycles. The summed E-state index contributed by atoms with van der Waals surface area (Å²) in [6.45, 7) is 4.76. The summed E-state index contributed by atoms with van der Waals surface area (Å²) in [6, 6.07) is 29.4. The van der Waals surface area contributed by atoms with Gasteiger partial charge in [0.25, 0.3) is 0 Å². The molecule has 4 aromatic carbocycles. The number of para-hydroxylation sites is 1. The molecule has 0 saturated carbocycles. The SMILES string of the molecule is Cc1ccc(NC(=O)CCN2CCC(OC(=O)Nc3ccccc3-c3ccccc3)CC2)cc1CNC[C@@H](O)c1ccc(O)c2[nH]c(=O)ccc12. The number of carbonyl (C=O) groups excluding carboxylic acids is 2. The van der Waals surface area contributed by atoms with E-state index in [0.29, 0.717) is 60.2 Å². The second kappa shape index (κ2) is 16.5. The van der Waals surface area contributed by atoms with Gasteiger partial charge in [-0.1, -0.05) is 60.7 Å². The third kappa shape index (κ3) is 9.20. The average molecular weight is 690 g/mol. The first kappa shape index (κ1) is 35.3. The van der Waals surface area contributed by atoms with E-state index in [4.69, 9.17) is 4.74 Å². The second-order valence-electron chi connectivity index (χ2n) is 12.9. The highest BCUT2D eigenvalue weighted by Crippen LogP contribution is 2.30. The van der Waals surface area contributed by atoms with Crippen LogP contribution in [0.3, 0.4) is 0 Å². The highest BCUT2D eigenvalue weighted by atomic mass is 16.6. The van der Waals surface area contributed by atoms with Gasteiger partial charge in [0.05, 0.1) is 17.3 Å². The number of aromatic nitrogens is 1. The van der Waals surface area contributed by atoms with E-state index in [1.54, 1.807) is 12.1 Å². The predicted octanol–water partition coefficient (Wildman–Crippen LogP) is 6.07. The molecule has 0 bridgehead atoms. The minimum Gasteiger partial charge on any atom is -0.506 e. The van der Waals surface area contributed by atoms with E-state index in [1.807, 2.05) is 79.7 Å². The molecule has 6 N–H and O–H groups in total. The molecule has 264 valence electrons. The Hall–Kier alpha value is -5.49. The van der Waals surface area contributed by atoms with Gasteiger partial charge in [0.2, 0.25) is 11.5 Å². The molecule has 11 heteroatoms. The molecule has 5 aromatic rings. The number of phenolic OH excluding ortho intramolecular Hbond substituents is 1. The highest BCUT2D eigenvalue weighted by Gasteiger charge is 2.23. The Morgan fingerprint density at radius 3 is 2.51 bits per heavy atom. The van der Waals surface area contributed by atoms with Crippen molar-refractivity contribution in [1.29, 1.82) is 0 Å². The third-order valence-corrected chi connectivity index (χ3v) is 9.26. The van der Waals surface area contributed by atoms with Crippen molar-refractivity contribution in [3.63, 3.8) is 0 Å². The number of aromatic amines is 1. The lowest BCUT2D eigenvalue weighted by molar-refractivity contribution is -0.116. The molecule has 6 rings (SSSR count). The largest absolute Gasteiger partial charge is 0.506 e. The molecule has 1 aromatic heterocycles. The first-order chi connectivity index (χ1) is 24.7. The lowest BCUT2D eigenvalue weighted by Crippen LogP contribution is -2.39. The monoisotopic (exact) mass is 689 g/mol. The molecule has 2 amide bonds. The summed E-state index contributed by atoms with van der Waals surface area (Å²) in [5.41, 5.74) is 5.91. The van der Waals surface area contributed by atoms with Gasteiger partial charge < -0.3 is 35.5 Å². The minimum absolute atomic E-state index is 0.0565. The number of hydrogen-bond donors (Lipinski definition) is 6. The highest BCUT2D eigenvalue weighted by molar-refractivity contribution is 5.92. The quantitative estimate of drug-likeness (QED) is 0.0922.